The Balaban J connectivity index is 1.70. The van der Waals surface area contributed by atoms with E-state index in [9.17, 15) is 0 Å². The van der Waals surface area contributed by atoms with Crippen LogP contribution in [0.4, 0.5) is 0 Å². The summed E-state index contributed by atoms with van der Waals surface area (Å²) in [6.45, 7) is 8.84. The fraction of sp³-hybridized carbons (Fsp3) is 0.524. The molecule has 148 valence electrons. The van der Waals surface area contributed by atoms with Crippen molar-refractivity contribution in [3.8, 4) is 0 Å². The van der Waals surface area contributed by atoms with Gasteiger partial charge in [0.05, 0.1) is 12.2 Å². The van der Waals surface area contributed by atoms with E-state index in [2.05, 4.69) is 83.8 Å². The lowest BCUT2D eigenvalue weighted by molar-refractivity contribution is 0.238. The number of hydrogen-bond acceptors (Lipinski definition) is 4. The maximum atomic E-state index is 5.35. The normalized spacial score (nSPS) is 13.2. The zero-order chi connectivity index (χ0) is 19.6. The average molecular weight is 372 g/mol. The fourth-order valence-electron chi connectivity index (χ4n) is 2.72. The van der Waals surface area contributed by atoms with Crippen molar-refractivity contribution in [2.75, 3.05) is 20.6 Å². The second-order valence-corrected chi connectivity index (χ2v) is 7.26. The van der Waals surface area contributed by atoms with Crippen LogP contribution in [0.3, 0.4) is 0 Å². The molecule has 0 aliphatic rings. The first-order valence-corrected chi connectivity index (χ1v) is 9.63. The van der Waals surface area contributed by atoms with Crippen molar-refractivity contribution in [2.45, 2.75) is 52.2 Å². The van der Waals surface area contributed by atoms with Gasteiger partial charge in [0.25, 0.3) is 0 Å². The van der Waals surface area contributed by atoms with Gasteiger partial charge in [-0.2, -0.15) is 0 Å². The van der Waals surface area contributed by atoms with Gasteiger partial charge in [-0.05, 0) is 31.9 Å². The first-order valence-electron chi connectivity index (χ1n) is 9.63. The molecule has 0 aliphatic heterocycles. The standard InChI is InChI=1S/C21H33N5O/c1-16(2)20-13-19(27-25-20)14-24-21(22-4)23-12-11-17(3)26(5)15-18-9-7-6-8-10-18/h6-10,13,16-17H,11-12,14-15H2,1-5H3,(H2,22,23,24). The Morgan fingerprint density at radius 2 is 1.93 bits per heavy atom. The molecule has 2 N–H and O–H groups in total. The molecule has 0 amide bonds. The first-order chi connectivity index (χ1) is 13.0. The molecule has 1 atom stereocenters. The fourth-order valence-corrected chi connectivity index (χ4v) is 2.72. The average Bonchev–Trinajstić information content (AvgIpc) is 3.14. The van der Waals surface area contributed by atoms with Gasteiger partial charge in [-0.3, -0.25) is 9.89 Å². The maximum absolute atomic E-state index is 5.35. The SMILES string of the molecule is CN=C(NCCC(C)N(C)Cc1ccccc1)NCc1cc(C(C)C)no1. The molecule has 6 nitrogen and oxygen atoms in total. The number of nitrogens with one attached hydrogen (secondary N) is 2. The number of nitrogens with zero attached hydrogens (tertiary/aromatic N) is 3. The topological polar surface area (TPSA) is 65.7 Å². The zero-order valence-electron chi connectivity index (χ0n) is 17.2. The molecule has 1 heterocycles. The number of aromatic nitrogens is 1. The molecule has 0 radical (unpaired) electrons. The second kappa shape index (κ2) is 10.7. The minimum absolute atomic E-state index is 0.370. The predicted octanol–water partition coefficient (Wildman–Crippen LogP) is 3.37. The highest BCUT2D eigenvalue weighted by Gasteiger charge is 2.11. The molecule has 2 rings (SSSR count). The zero-order valence-corrected chi connectivity index (χ0v) is 17.2. The smallest absolute Gasteiger partial charge is 0.191 e. The number of rotatable bonds is 9. The van der Waals surface area contributed by atoms with Gasteiger partial charge < -0.3 is 15.2 Å². The Hall–Kier alpha value is -2.34. The van der Waals surface area contributed by atoms with E-state index >= 15 is 0 Å². The Morgan fingerprint density at radius 1 is 1.19 bits per heavy atom. The molecule has 0 saturated carbocycles. The van der Waals surface area contributed by atoms with E-state index in [1.165, 1.54) is 5.56 Å². The molecule has 1 aromatic carbocycles. The molecule has 27 heavy (non-hydrogen) atoms. The highest BCUT2D eigenvalue weighted by molar-refractivity contribution is 5.79. The van der Waals surface area contributed by atoms with Crippen molar-refractivity contribution in [3.63, 3.8) is 0 Å². The van der Waals surface area contributed by atoms with Crippen LogP contribution in [-0.4, -0.2) is 42.7 Å². The van der Waals surface area contributed by atoms with Gasteiger partial charge in [-0.1, -0.05) is 49.3 Å². The third-order valence-corrected chi connectivity index (χ3v) is 4.70. The molecule has 0 bridgehead atoms. The van der Waals surface area contributed by atoms with Crippen LogP contribution in [0.2, 0.25) is 0 Å². The predicted molar refractivity (Wildman–Crippen MR) is 111 cm³/mol. The van der Waals surface area contributed by atoms with Crippen LogP contribution >= 0.6 is 0 Å². The summed E-state index contributed by atoms with van der Waals surface area (Å²) in [5.74, 6) is 1.96. The van der Waals surface area contributed by atoms with Crippen molar-refractivity contribution in [1.29, 1.82) is 0 Å². The summed E-state index contributed by atoms with van der Waals surface area (Å²) >= 11 is 0. The summed E-state index contributed by atoms with van der Waals surface area (Å²) in [7, 11) is 3.95. The highest BCUT2D eigenvalue weighted by atomic mass is 16.5. The lowest BCUT2D eigenvalue weighted by Crippen LogP contribution is -2.39. The van der Waals surface area contributed by atoms with Crippen molar-refractivity contribution >= 4 is 5.96 Å². The van der Waals surface area contributed by atoms with Gasteiger partial charge in [0.1, 0.15) is 0 Å². The summed E-state index contributed by atoms with van der Waals surface area (Å²) in [6.07, 6.45) is 1.03. The molecule has 0 fully saturated rings. The second-order valence-electron chi connectivity index (χ2n) is 7.26. The number of benzene rings is 1. The Morgan fingerprint density at radius 3 is 2.56 bits per heavy atom. The first kappa shape index (κ1) is 21.0. The number of aliphatic imine (C=N–C) groups is 1. The third-order valence-electron chi connectivity index (χ3n) is 4.70. The molecule has 2 aromatic rings. The van der Waals surface area contributed by atoms with Gasteiger partial charge >= 0.3 is 0 Å². The molecule has 0 spiro atoms. The van der Waals surface area contributed by atoms with Gasteiger partial charge in [0.2, 0.25) is 0 Å². The lowest BCUT2D eigenvalue weighted by Gasteiger charge is -2.25. The largest absolute Gasteiger partial charge is 0.359 e. The Labute approximate surface area is 163 Å². The van der Waals surface area contributed by atoms with Crippen LogP contribution in [-0.2, 0) is 13.1 Å². The van der Waals surface area contributed by atoms with Gasteiger partial charge in [-0.15, -0.1) is 0 Å². The Bertz CT molecular complexity index is 696. The van der Waals surface area contributed by atoms with E-state index in [4.69, 9.17) is 4.52 Å². The molecule has 0 aliphatic carbocycles. The van der Waals surface area contributed by atoms with Crippen molar-refractivity contribution in [2.24, 2.45) is 4.99 Å². The van der Waals surface area contributed by atoms with Crippen molar-refractivity contribution in [3.05, 3.63) is 53.4 Å². The van der Waals surface area contributed by atoms with Crippen LogP contribution < -0.4 is 10.6 Å². The molecule has 0 saturated heterocycles. The molecular formula is C21H33N5O. The minimum atomic E-state index is 0.370. The maximum Gasteiger partial charge on any atom is 0.191 e. The third kappa shape index (κ3) is 7.06. The van der Waals surface area contributed by atoms with E-state index in [-0.39, 0.29) is 0 Å². The van der Waals surface area contributed by atoms with E-state index in [0.717, 1.165) is 36.9 Å². The van der Waals surface area contributed by atoms with Gasteiger partial charge in [-0.25, -0.2) is 0 Å². The molecule has 1 aromatic heterocycles. The molecule has 1 unspecified atom stereocenters. The van der Waals surface area contributed by atoms with E-state index in [1.54, 1.807) is 7.05 Å². The van der Waals surface area contributed by atoms with Crippen LogP contribution in [0.1, 0.15) is 50.1 Å². The van der Waals surface area contributed by atoms with Gasteiger partial charge in [0, 0.05) is 32.2 Å². The Kier molecular flexibility index (Phi) is 8.33. The van der Waals surface area contributed by atoms with E-state index < -0.39 is 0 Å². The van der Waals surface area contributed by atoms with Crippen LogP contribution in [0.5, 0.6) is 0 Å². The van der Waals surface area contributed by atoms with Crippen LogP contribution in [0.15, 0.2) is 45.9 Å². The number of hydrogen-bond donors (Lipinski definition) is 2. The summed E-state index contributed by atoms with van der Waals surface area (Å²) in [5, 5.41) is 10.7. The summed E-state index contributed by atoms with van der Waals surface area (Å²) < 4.78 is 5.35. The van der Waals surface area contributed by atoms with E-state index in [0.29, 0.717) is 18.5 Å². The number of guanidine groups is 1. The highest BCUT2D eigenvalue weighted by Crippen LogP contribution is 2.13. The lowest BCUT2D eigenvalue weighted by atomic mass is 10.1. The van der Waals surface area contributed by atoms with Gasteiger partial charge in [0.15, 0.2) is 11.7 Å². The minimum Gasteiger partial charge on any atom is -0.359 e. The quantitative estimate of drug-likeness (QED) is 0.523. The van der Waals surface area contributed by atoms with Crippen molar-refractivity contribution < 1.29 is 4.52 Å². The molecular weight excluding hydrogens is 338 g/mol. The van der Waals surface area contributed by atoms with Crippen molar-refractivity contribution in [1.82, 2.24) is 20.7 Å². The van der Waals surface area contributed by atoms with Crippen LogP contribution in [0, 0.1) is 0 Å². The van der Waals surface area contributed by atoms with Crippen LogP contribution in [0.25, 0.3) is 0 Å². The van der Waals surface area contributed by atoms with E-state index in [1.807, 2.05) is 6.07 Å². The monoisotopic (exact) mass is 371 g/mol. The molecule has 6 heteroatoms. The summed E-state index contributed by atoms with van der Waals surface area (Å²) in [6, 6.07) is 13.0. The summed E-state index contributed by atoms with van der Waals surface area (Å²) in [4.78, 5) is 6.64. The summed E-state index contributed by atoms with van der Waals surface area (Å²) in [5.41, 5.74) is 2.31.